The fourth-order valence-corrected chi connectivity index (χ4v) is 1.77. The van der Waals surface area contributed by atoms with Crippen LogP contribution in [-0.2, 0) is 9.53 Å². The van der Waals surface area contributed by atoms with E-state index in [1.54, 1.807) is 6.92 Å². The maximum atomic E-state index is 11.2. The van der Waals surface area contributed by atoms with Gasteiger partial charge in [-0.25, -0.2) is 0 Å². The van der Waals surface area contributed by atoms with Gasteiger partial charge in [-0.15, -0.1) is 0 Å². The van der Waals surface area contributed by atoms with Gasteiger partial charge in [0.1, 0.15) is 0 Å². The normalized spacial score (nSPS) is 10.2. The van der Waals surface area contributed by atoms with E-state index in [-0.39, 0.29) is 11.9 Å². The van der Waals surface area contributed by atoms with Gasteiger partial charge >= 0.3 is 5.97 Å². The molecule has 8 heteroatoms. The predicted molar refractivity (Wildman–Crippen MR) is 82.2 cm³/mol. The average molecular weight is 296 g/mol. The number of nitrogen functional groups attached to an aromatic ring is 1. The van der Waals surface area contributed by atoms with Crippen molar-refractivity contribution < 1.29 is 9.53 Å². The summed E-state index contributed by atoms with van der Waals surface area (Å²) < 4.78 is 4.86. The highest BCUT2D eigenvalue weighted by Gasteiger charge is 2.09. The minimum atomic E-state index is -0.196. The Morgan fingerprint density at radius 2 is 1.95 bits per heavy atom. The number of ether oxygens (including phenoxy) is 1. The molecule has 0 unspecified atom stereocenters. The Kier molecular flexibility index (Phi) is 7.20. The molecule has 8 nitrogen and oxygen atoms in total. The summed E-state index contributed by atoms with van der Waals surface area (Å²) in [6.07, 6.45) is 1.01. The lowest BCUT2D eigenvalue weighted by atomic mass is 10.3. The fourth-order valence-electron chi connectivity index (χ4n) is 1.77. The second-order valence-electron chi connectivity index (χ2n) is 4.32. The number of hydrogen-bond donors (Lipinski definition) is 2. The number of carbonyl (C=O) groups excluding carboxylic acids is 1. The largest absolute Gasteiger partial charge is 0.466 e. The first-order chi connectivity index (χ1) is 10.1. The van der Waals surface area contributed by atoms with Gasteiger partial charge in [0, 0.05) is 26.1 Å². The Morgan fingerprint density at radius 1 is 1.24 bits per heavy atom. The van der Waals surface area contributed by atoms with Gasteiger partial charge in [0.15, 0.2) is 0 Å². The first kappa shape index (κ1) is 16.9. The van der Waals surface area contributed by atoms with Crippen molar-refractivity contribution in [1.29, 1.82) is 0 Å². The molecule has 118 valence electrons. The van der Waals surface area contributed by atoms with E-state index >= 15 is 0 Å². The van der Waals surface area contributed by atoms with Crippen LogP contribution < -0.4 is 16.0 Å². The molecule has 0 aliphatic carbocycles. The van der Waals surface area contributed by atoms with Crippen LogP contribution in [0.15, 0.2) is 0 Å². The van der Waals surface area contributed by atoms with Crippen LogP contribution in [0, 0.1) is 0 Å². The quantitative estimate of drug-likeness (QED) is 0.514. The lowest BCUT2D eigenvalue weighted by Gasteiger charge is -2.19. The number of nitrogens with two attached hydrogens (primary N) is 1. The molecule has 0 spiro atoms. The van der Waals surface area contributed by atoms with E-state index in [0.717, 1.165) is 13.1 Å². The van der Waals surface area contributed by atoms with Crippen molar-refractivity contribution >= 4 is 23.8 Å². The number of hydrogen-bond acceptors (Lipinski definition) is 8. The molecule has 0 saturated heterocycles. The highest BCUT2D eigenvalue weighted by molar-refractivity contribution is 5.69. The minimum Gasteiger partial charge on any atom is -0.466 e. The molecule has 3 N–H and O–H groups in total. The monoisotopic (exact) mass is 296 g/mol. The summed E-state index contributed by atoms with van der Waals surface area (Å²) in [5, 5.41) is 3.05. The summed E-state index contributed by atoms with van der Waals surface area (Å²) in [6.45, 7) is 8.40. The lowest BCUT2D eigenvalue weighted by molar-refractivity contribution is -0.143. The highest BCUT2D eigenvalue weighted by atomic mass is 16.5. The van der Waals surface area contributed by atoms with Gasteiger partial charge < -0.3 is 20.7 Å². The Morgan fingerprint density at radius 3 is 2.57 bits per heavy atom. The van der Waals surface area contributed by atoms with Gasteiger partial charge in [-0.1, -0.05) is 0 Å². The van der Waals surface area contributed by atoms with Gasteiger partial charge in [-0.05, 0) is 27.2 Å². The van der Waals surface area contributed by atoms with E-state index in [9.17, 15) is 4.79 Å². The van der Waals surface area contributed by atoms with Crippen molar-refractivity contribution in [3.63, 3.8) is 0 Å². The van der Waals surface area contributed by atoms with Crippen molar-refractivity contribution in [3.8, 4) is 0 Å². The summed E-state index contributed by atoms with van der Waals surface area (Å²) in [5.74, 6) is 0.965. The zero-order chi connectivity index (χ0) is 15.7. The van der Waals surface area contributed by atoms with Crippen LogP contribution in [0.25, 0.3) is 0 Å². The van der Waals surface area contributed by atoms with Crippen LogP contribution in [0.3, 0.4) is 0 Å². The summed E-state index contributed by atoms with van der Waals surface area (Å²) >= 11 is 0. The van der Waals surface area contributed by atoms with Gasteiger partial charge in [-0.3, -0.25) is 4.79 Å². The molecular weight excluding hydrogens is 272 g/mol. The zero-order valence-corrected chi connectivity index (χ0v) is 12.9. The highest BCUT2D eigenvalue weighted by Crippen LogP contribution is 2.11. The van der Waals surface area contributed by atoms with Crippen LogP contribution in [0.5, 0.6) is 0 Å². The maximum Gasteiger partial charge on any atom is 0.305 e. The van der Waals surface area contributed by atoms with Gasteiger partial charge in [0.2, 0.25) is 17.8 Å². The van der Waals surface area contributed by atoms with Gasteiger partial charge in [0.25, 0.3) is 0 Å². The lowest BCUT2D eigenvalue weighted by Crippen LogP contribution is -2.25. The molecule has 1 rings (SSSR count). The fraction of sp³-hybridized carbons (Fsp3) is 0.692. The maximum absolute atomic E-state index is 11.2. The topological polar surface area (TPSA) is 106 Å². The van der Waals surface area contributed by atoms with E-state index in [0.29, 0.717) is 37.9 Å². The molecule has 0 amide bonds. The molecule has 0 bridgehead atoms. The molecule has 1 aromatic heterocycles. The third-order valence-corrected chi connectivity index (χ3v) is 2.83. The minimum absolute atomic E-state index is 0.180. The second kappa shape index (κ2) is 8.93. The number of nitrogens with zero attached hydrogens (tertiary/aromatic N) is 4. The number of esters is 1. The smallest absolute Gasteiger partial charge is 0.305 e. The van der Waals surface area contributed by atoms with Crippen molar-refractivity contribution in [1.82, 2.24) is 15.0 Å². The molecular formula is C13H24N6O2. The SMILES string of the molecule is CCOC(=O)CCCNc1nc(N)nc(N(CC)CC)n1. The molecule has 0 radical (unpaired) electrons. The third kappa shape index (κ3) is 5.80. The van der Waals surface area contributed by atoms with Crippen LogP contribution in [0.4, 0.5) is 17.8 Å². The van der Waals surface area contributed by atoms with Crippen LogP contribution >= 0.6 is 0 Å². The second-order valence-corrected chi connectivity index (χ2v) is 4.32. The summed E-state index contributed by atoms with van der Waals surface area (Å²) in [6, 6.07) is 0. The molecule has 0 fully saturated rings. The van der Waals surface area contributed by atoms with E-state index < -0.39 is 0 Å². The standard InChI is InChI=1S/C13H24N6O2/c1-4-19(5-2)13-17-11(14)16-12(18-13)15-9-7-8-10(20)21-6-3/h4-9H2,1-3H3,(H3,14,15,16,17,18). The molecule has 0 aliphatic heterocycles. The molecule has 1 aromatic rings. The van der Waals surface area contributed by atoms with E-state index in [2.05, 4.69) is 20.3 Å². The Hall–Kier alpha value is -2.12. The van der Waals surface area contributed by atoms with Crippen molar-refractivity contribution in [2.45, 2.75) is 33.6 Å². The van der Waals surface area contributed by atoms with E-state index in [4.69, 9.17) is 10.5 Å². The molecule has 0 aliphatic rings. The molecule has 21 heavy (non-hydrogen) atoms. The average Bonchev–Trinajstić information content (AvgIpc) is 2.45. The summed E-state index contributed by atoms with van der Waals surface area (Å²) in [4.78, 5) is 25.7. The van der Waals surface area contributed by atoms with Gasteiger partial charge in [-0.2, -0.15) is 15.0 Å². The first-order valence-electron chi connectivity index (χ1n) is 7.26. The first-order valence-corrected chi connectivity index (χ1v) is 7.26. The summed E-state index contributed by atoms with van der Waals surface area (Å²) in [5.41, 5.74) is 5.70. The molecule has 1 heterocycles. The number of aromatic nitrogens is 3. The van der Waals surface area contributed by atoms with Crippen LogP contribution in [-0.4, -0.2) is 47.2 Å². The molecule has 0 atom stereocenters. The van der Waals surface area contributed by atoms with E-state index in [1.807, 2.05) is 18.7 Å². The van der Waals surface area contributed by atoms with Gasteiger partial charge in [0.05, 0.1) is 6.61 Å². The van der Waals surface area contributed by atoms with Crippen molar-refractivity contribution in [3.05, 3.63) is 0 Å². The molecule has 0 saturated carbocycles. The number of carbonyl (C=O) groups is 1. The van der Waals surface area contributed by atoms with Crippen LogP contribution in [0.2, 0.25) is 0 Å². The predicted octanol–water partition coefficient (Wildman–Crippen LogP) is 1.06. The van der Waals surface area contributed by atoms with Crippen LogP contribution in [0.1, 0.15) is 33.6 Å². The number of rotatable bonds is 9. The van der Waals surface area contributed by atoms with Crippen molar-refractivity contribution in [2.75, 3.05) is 42.2 Å². The zero-order valence-electron chi connectivity index (χ0n) is 12.9. The number of anilines is 3. The number of nitrogens with one attached hydrogen (secondary N) is 1. The molecule has 0 aromatic carbocycles. The van der Waals surface area contributed by atoms with Crippen molar-refractivity contribution in [2.24, 2.45) is 0 Å². The Balaban J connectivity index is 2.53. The summed E-state index contributed by atoms with van der Waals surface area (Å²) in [7, 11) is 0. The Labute approximate surface area is 125 Å². The van der Waals surface area contributed by atoms with E-state index in [1.165, 1.54) is 0 Å². The Bertz CT molecular complexity index is 450. The third-order valence-electron chi connectivity index (χ3n) is 2.83.